The van der Waals surface area contributed by atoms with Gasteiger partial charge in [-0.2, -0.15) is 0 Å². The highest BCUT2D eigenvalue weighted by molar-refractivity contribution is 6.15. The van der Waals surface area contributed by atoms with Crippen LogP contribution in [0.5, 0.6) is 17.2 Å². The first-order chi connectivity index (χ1) is 38.6. The molecule has 4 atom stereocenters. The van der Waals surface area contributed by atoms with Gasteiger partial charge in [0, 0.05) is 98.7 Å². The number of imide groups is 1. The van der Waals surface area contributed by atoms with Crippen LogP contribution in [0, 0.1) is 12.8 Å². The fourth-order valence-electron chi connectivity index (χ4n) is 11.0. The Labute approximate surface area is 463 Å². The highest BCUT2D eigenvalue weighted by atomic mass is 16.5. The molecule has 0 fully saturated rings. The molecule has 0 unspecified atom stereocenters. The Balaban J connectivity index is 0.795. The van der Waals surface area contributed by atoms with Gasteiger partial charge in [-0.1, -0.05) is 43.3 Å². The van der Waals surface area contributed by atoms with Crippen molar-refractivity contribution in [1.29, 1.82) is 0 Å². The predicted molar refractivity (Wildman–Crippen MR) is 301 cm³/mol. The molecule has 5 aliphatic heterocycles. The van der Waals surface area contributed by atoms with E-state index in [9.17, 15) is 38.4 Å². The van der Waals surface area contributed by atoms with Crippen molar-refractivity contribution in [2.24, 2.45) is 10.9 Å². The minimum Gasteiger partial charge on any atom is -0.493 e. The summed E-state index contributed by atoms with van der Waals surface area (Å²) in [5.41, 5.74) is 8.52. The van der Waals surface area contributed by atoms with Gasteiger partial charge in [0.05, 0.1) is 47.7 Å². The molecule has 5 aliphatic rings. The lowest BCUT2D eigenvalue weighted by Gasteiger charge is -2.22. The van der Waals surface area contributed by atoms with Crippen molar-refractivity contribution in [1.82, 2.24) is 10.2 Å². The van der Waals surface area contributed by atoms with Crippen molar-refractivity contribution >= 4 is 81.7 Å². The van der Waals surface area contributed by atoms with Crippen LogP contribution in [0.1, 0.15) is 107 Å². The summed E-state index contributed by atoms with van der Waals surface area (Å²) < 4.78 is 18.7. The minimum atomic E-state index is -0.865. The largest absolute Gasteiger partial charge is 0.493 e. The molecule has 3 N–H and O–H groups in total. The molecular weight excluding hydrogens is 1020 g/mol. The van der Waals surface area contributed by atoms with Gasteiger partial charge >= 0.3 is 0 Å². The Kier molecular flexibility index (Phi) is 16.0. The molecule has 80 heavy (non-hydrogen) atoms. The van der Waals surface area contributed by atoms with Crippen molar-refractivity contribution in [3.63, 3.8) is 0 Å². The topological polar surface area (TPSA) is 222 Å². The number of rotatable bonds is 22. The predicted octanol–water partition coefficient (Wildman–Crippen LogP) is 8.32. The number of unbranched alkanes of at least 4 members (excludes halogenated alkanes) is 1. The fourth-order valence-corrected chi connectivity index (χ4v) is 11.0. The number of aryl methyl sites for hydroxylation is 1. The van der Waals surface area contributed by atoms with Crippen molar-refractivity contribution in [2.45, 2.75) is 110 Å². The number of anilines is 4. The summed E-state index contributed by atoms with van der Waals surface area (Å²) in [6, 6.07) is 27.1. The number of hydrogen-bond donors (Lipinski definition) is 3. The van der Waals surface area contributed by atoms with E-state index in [1.807, 2.05) is 72.5 Å². The molecule has 0 spiro atoms. The Morgan fingerprint density at radius 1 is 0.725 bits per heavy atom. The molecule has 0 aromatic heterocycles. The number of aliphatic imine (C=N–C) groups is 1. The fraction of sp³-hybridized carbons (Fsp3) is 0.339. The van der Waals surface area contributed by atoms with Crippen molar-refractivity contribution < 1.29 is 52.6 Å². The van der Waals surface area contributed by atoms with Crippen LogP contribution in [0.15, 0.2) is 108 Å². The highest BCUT2D eigenvalue weighted by Crippen LogP contribution is 2.42. The average Bonchev–Trinajstić information content (AvgIpc) is 4.18. The maximum atomic E-state index is 14.1. The van der Waals surface area contributed by atoms with Gasteiger partial charge in [0.1, 0.15) is 24.7 Å². The summed E-state index contributed by atoms with van der Waals surface area (Å²) in [4.78, 5) is 114. The molecule has 0 bridgehead atoms. The van der Waals surface area contributed by atoms with Crippen LogP contribution < -0.4 is 40.0 Å². The number of methoxy groups -OCH3 is 1. The molecule has 10 rings (SSSR count). The summed E-state index contributed by atoms with van der Waals surface area (Å²) in [5.74, 6) is -1.73. The summed E-state index contributed by atoms with van der Waals surface area (Å²) in [5, 5.41) is 9.20. The molecule has 5 aromatic carbocycles. The van der Waals surface area contributed by atoms with Gasteiger partial charge < -0.3 is 35.1 Å². The number of ether oxygens (including phenoxy) is 3. The van der Waals surface area contributed by atoms with Crippen LogP contribution >= 0.6 is 0 Å². The average molecular weight is 1080 g/mol. The number of fused-ring (bicyclic) bond motifs is 8. The van der Waals surface area contributed by atoms with E-state index in [4.69, 9.17) is 19.2 Å². The Morgan fingerprint density at radius 3 is 2.10 bits per heavy atom. The zero-order valence-corrected chi connectivity index (χ0v) is 45.2. The SMILES string of the molecule is COc1cc2c(cc1OCc1cc(COc3cc4c(cc3C)C(=O)N3c5ccccc5C[C@H]3CN4)cc(NC(=O)[C@H](C)CC(=O)[C@H](C)NC(=O)CCCCC(=O)CCCN3C(=O)C=CC3=O)c1)N=C[C@@H]1Cc3ccccc3N1C2=O. The molecular formula is C62H63N7O11. The van der Waals surface area contributed by atoms with Crippen LogP contribution in [-0.2, 0) is 54.8 Å². The lowest BCUT2D eigenvalue weighted by atomic mass is 9.99. The Morgan fingerprint density at radius 2 is 1.38 bits per heavy atom. The molecule has 0 radical (unpaired) electrons. The lowest BCUT2D eigenvalue weighted by Crippen LogP contribution is -2.39. The molecule has 412 valence electrons. The van der Waals surface area contributed by atoms with E-state index in [1.165, 1.54) is 19.3 Å². The maximum absolute atomic E-state index is 14.1. The first-order valence-corrected chi connectivity index (χ1v) is 27.2. The van der Waals surface area contributed by atoms with Gasteiger partial charge in [0.25, 0.3) is 23.6 Å². The van der Waals surface area contributed by atoms with Crippen LogP contribution in [-0.4, -0.2) is 96.4 Å². The molecule has 18 nitrogen and oxygen atoms in total. The number of nitrogens with one attached hydrogen (secondary N) is 3. The third kappa shape index (κ3) is 11.7. The second-order valence-electron chi connectivity index (χ2n) is 21.1. The van der Waals surface area contributed by atoms with E-state index >= 15 is 0 Å². The number of para-hydroxylation sites is 2. The van der Waals surface area contributed by atoms with E-state index < -0.39 is 17.9 Å². The molecule has 18 heteroatoms. The van der Waals surface area contributed by atoms with Gasteiger partial charge in [-0.3, -0.25) is 53.1 Å². The van der Waals surface area contributed by atoms with Gasteiger partial charge in [0.15, 0.2) is 17.3 Å². The van der Waals surface area contributed by atoms with Crippen LogP contribution in [0.25, 0.3) is 0 Å². The van der Waals surface area contributed by atoms with Crippen LogP contribution in [0.2, 0.25) is 0 Å². The van der Waals surface area contributed by atoms with E-state index in [0.717, 1.165) is 39.4 Å². The number of nitrogens with zero attached hydrogens (tertiary/aromatic N) is 4. The number of hydrogen-bond acceptors (Lipinski definition) is 13. The third-order valence-electron chi connectivity index (χ3n) is 15.3. The summed E-state index contributed by atoms with van der Waals surface area (Å²) in [6.45, 7) is 5.90. The molecule has 0 saturated carbocycles. The third-order valence-corrected chi connectivity index (χ3v) is 15.3. The summed E-state index contributed by atoms with van der Waals surface area (Å²) in [7, 11) is 1.50. The molecule has 0 saturated heterocycles. The van der Waals surface area contributed by atoms with E-state index in [1.54, 1.807) is 49.2 Å². The quantitative estimate of drug-likeness (QED) is 0.0440. The number of amides is 6. The van der Waals surface area contributed by atoms with Crippen LogP contribution in [0.3, 0.4) is 0 Å². The monoisotopic (exact) mass is 1080 g/mol. The first kappa shape index (κ1) is 54.4. The Hall–Kier alpha value is -8.93. The molecule has 6 amide bonds. The van der Waals surface area contributed by atoms with E-state index in [2.05, 4.69) is 22.0 Å². The zero-order valence-electron chi connectivity index (χ0n) is 45.2. The van der Waals surface area contributed by atoms with Gasteiger partial charge in [0.2, 0.25) is 11.8 Å². The number of carbonyl (C=O) groups is 8. The van der Waals surface area contributed by atoms with Gasteiger partial charge in [-0.25, -0.2) is 0 Å². The van der Waals surface area contributed by atoms with E-state index in [0.29, 0.717) is 88.8 Å². The summed E-state index contributed by atoms with van der Waals surface area (Å²) >= 11 is 0. The second kappa shape index (κ2) is 23.6. The smallest absolute Gasteiger partial charge is 0.261 e. The van der Waals surface area contributed by atoms with Crippen molar-refractivity contribution in [3.8, 4) is 17.2 Å². The van der Waals surface area contributed by atoms with E-state index in [-0.39, 0.29) is 98.6 Å². The second-order valence-corrected chi connectivity index (χ2v) is 21.1. The number of Topliss-reactive ketones (excluding diaryl/α,β-unsaturated/α-hetero) is 2. The highest BCUT2D eigenvalue weighted by Gasteiger charge is 2.39. The number of carbonyl (C=O) groups excluding carboxylic acids is 8. The number of ketones is 2. The molecule has 0 aliphatic carbocycles. The first-order valence-electron chi connectivity index (χ1n) is 27.2. The van der Waals surface area contributed by atoms with Crippen LogP contribution in [0.4, 0.5) is 28.4 Å². The lowest BCUT2D eigenvalue weighted by molar-refractivity contribution is -0.137. The minimum absolute atomic E-state index is 0.00119. The van der Waals surface area contributed by atoms with Crippen molar-refractivity contribution in [3.05, 3.63) is 142 Å². The van der Waals surface area contributed by atoms with Gasteiger partial charge in [-0.15, -0.1) is 0 Å². The van der Waals surface area contributed by atoms with Gasteiger partial charge in [-0.05, 0) is 110 Å². The number of benzene rings is 5. The zero-order chi connectivity index (χ0) is 56.2. The summed E-state index contributed by atoms with van der Waals surface area (Å²) in [6.07, 6.45) is 7.28. The standard InChI is InChI=1S/C62H63N7O11/c1-36-22-47-49(63-32-44-27-41-12-5-8-16-51(41)68(44)61(47)76)30-54(36)79-34-39-24-40(35-80-56-31-50-48(29-55(56)78-4)62(77)69-45(33-64-50)28-42-13-6-9-17-52(42)69)26-43(25-39)66-60(75)37(2)23-53(71)38(3)65-57(72)18-10-7-14-46(70)15-11-21-67-58(73)19-20-59(67)74/h5-6,8-9,12-13,16-17,19-20,22,24-26,29-31,33,37-38,44-45,63H,7,10-11,14-15,18,21,23,27-28,32,34-35H2,1-4H3,(H,65,72)(H,66,75)/t37-,38+,44+,45+/m1/s1. The van der Waals surface area contributed by atoms with Crippen molar-refractivity contribution in [2.75, 3.05) is 40.6 Å². The Bertz CT molecular complexity index is 3390. The molecule has 5 heterocycles. The maximum Gasteiger partial charge on any atom is 0.261 e. The normalized spacial score (nSPS) is 17.2. The molecule has 5 aromatic rings.